The molecule has 4 amide bonds. The number of rotatable bonds is 7. The third-order valence-electron chi connectivity index (χ3n) is 11.8. The second kappa shape index (κ2) is 18.2. The molecule has 3 saturated heterocycles. The van der Waals surface area contributed by atoms with E-state index >= 15 is 0 Å². The molecule has 3 fully saturated rings. The summed E-state index contributed by atoms with van der Waals surface area (Å²) in [5, 5.41) is 13.0. The minimum Gasteiger partial charge on any atom is -0.507 e. The molecule has 4 aliphatic heterocycles. The van der Waals surface area contributed by atoms with Crippen LogP contribution in [0.25, 0.3) is 0 Å². The summed E-state index contributed by atoms with van der Waals surface area (Å²) in [6, 6.07) is 12.0. The number of methoxy groups -OCH3 is 1. The number of benzene rings is 2. The summed E-state index contributed by atoms with van der Waals surface area (Å²) in [5.74, 6) is 1.57. The number of ether oxygens (including phenoxy) is 1. The number of amides is 4. The molecule has 4 aliphatic rings. The minimum absolute atomic E-state index is 0.0403. The summed E-state index contributed by atoms with van der Waals surface area (Å²) >= 11 is 0. The first-order valence-corrected chi connectivity index (χ1v) is 20.8. The number of carbonyl (C=O) groups excluding carboxylic acids is 3. The molecular formula is C40H60N6O7S. The number of phenolic OH excluding ortho intramolecular Hbond substituents is 1. The number of aryl methyl sites for hydroxylation is 2. The number of aromatic hydroxyl groups is 1. The molecule has 14 heteroatoms. The van der Waals surface area contributed by atoms with Crippen LogP contribution in [-0.2, 0) is 32.6 Å². The van der Waals surface area contributed by atoms with Crippen LogP contribution in [0.1, 0.15) is 67.7 Å². The number of hydrogen-bond acceptors (Lipinski definition) is 7. The number of likely N-dealkylation sites (tertiary alicyclic amines) is 2. The Kier molecular flexibility index (Phi) is 13.9. The highest BCUT2D eigenvalue weighted by Crippen LogP contribution is 2.34. The van der Waals surface area contributed by atoms with Gasteiger partial charge in [0.1, 0.15) is 5.75 Å². The number of para-hydroxylation sites is 1. The van der Waals surface area contributed by atoms with Crippen LogP contribution in [-0.4, -0.2) is 128 Å². The van der Waals surface area contributed by atoms with Crippen molar-refractivity contribution < 1.29 is 32.6 Å². The summed E-state index contributed by atoms with van der Waals surface area (Å²) in [5.41, 5.74) is 4.87. The number of nitrogens with one attached hydrogen (secondary N) is 1. The van der Waals surface area contributed by atoms with Gasteiger partial charge >= 0.3 is 12.1 Å². The fourth-order valence-corrected chi connectivity index (χ4v) is 9.68. The average molecular weight is 769 g/mol. The Labute approximate surface area is 321 Å². The van der Waals surface area contributed by atoms with Crippen molar-refractivity contribution in [1.82, 2.24) is 23.3 Å². The molecule has 0 spiro atoms. The fraction of sp³-hybridized carbons (Fsp3) is 0.625. The molecule has 0 saturated carbocycles. The lowest BCUT2D eigenvalue weighted by Crippen LogP contribution is -2.50. The van der Waals surface area contributed by atoms with Gasteiger partial charge in [-0.3, -0.25) is 4.79 Å². The van der Waals surface area contributed by atoms with E-state index in [2.05, 4.69) is 11.4 Å². The van der Waals surface area contributed by atoms with Crippen molar-refractivity contribution in [3.8, 4) is 5.75 Å². The van der Waals surface area contributed by atoms with Crippen molar-refractivity contribution in [1.29, 1.82) is 0 Å². The van der Waals surface area contributed by atoms with Crippen molar-refractivity contribution in [2.24, 2.45) is 17.8 Å². The largest absolute Gasteiger partial charge is 0.507 e. The fourth-order valence-electron chi connectivity index (χ4n) is 8.54. The highest BCUT2D eigenvalue weighted by Gasteiger charge is 2.36. The van der Waals surface area contributed by atoms with E-state index in [9.17, 15) is 27.9 Å². The highest BCUT2D eigenvalue weighted by molar-refractivity contribution is 7.86. The van der Waals surface area contributed by atoms with Gasteiger partial charge in [0.2, 0.25) is 5.91 Å². The molecule has 54 heavy (non-hydrogen) atoms. The molecule has 4 heterocycles. The number of carbonyl (C=O) groups is 3. The third kappa shape index (κ3) is 9.86. The summed E-state index contributed by atoms with van der Waals surface area (Å²) < 4.78 is 32.3. The Balaban J connectivity index is 0.000000222. The third-order valence-corrected chi connectivity index (χ3v) is 13.7. The molecule has 0 radical (unpaired) electrons. The van der Waals surface area contributed by atoms with Gasteiger partial charge in [-0.05, 0) is 105 Å². The molecule has 0 aromatic heterocycles. The zero-order chi connectivity index (χ0) is 39.2. The van der Waals surface area contributed by atoms with E-state index in [1.165, 1.54) is 17.0 Å². The molecule has 2 aromatic rings. The first kappa shape index (κ1) is 41.3. The lowest BCUT2D eigenvalue weighted by Gasteiger charge is -2.40. The highest BCUT2D eigenvalue weighted by atomic mass is 32.2. The Morgan fingerprint density at radius 2 is 1.44 bits per heavy atom. The minimum atomic E-state index is -3.32. The summed E-state index contributed by atoms with van der Waals surface area (Å²) in [4.78, 5) is 42.6. The first-order valence-electron chi connectivity index (χ1n) is 19.4. The number of urea groups is 1. The van der Waals surface area contributed by atoms with Gasteiger partial charge in [0.15, 0.2) is 0 Å². The number of piperidine rings is 3. The molecule has 13 nitrogen and oxygen atoms in total. The zero-order valence-electron chi connectivity index (χ0n) is 32.9. The van der Waals surface area contributed by atoms with Crippen molar-refractivity contribution >= 4 is 33.9 Å². The van der Waals surface area contributed by atoms with E-state index in [4.69, 9.17) is 4.74 Å². The SMILES string of the molecule is COC(=O)N1CCC(N2CCc3ccccc3NC2=O)CC1.Cc1cc(C[C@@H](C)C(=O)N2CCC(C3CCN(S(=O)(=O)N(C)C)CC3)CC2)cc(C)c1O. The van der Waals surface area contributed by atoms with E-state index in [0.717, 1.165) is 80.4 Å². The van der Waals surface area contributed by atoms with Gasteiger partial charge in [-0.1, -0.05) is 37.3 Å². The number of phenols is 1. The molecule has 0 bridgehead atoms. The van der Waals surface area contributed by atoms with Gasteiger partial charge in [0.05, 0.1) is 7.11 Å². The molecule has 6 rings (SSSR count). The molecule has 2 aromatic carbocycles. The van der Waals surface area contributed by atoms with Crippen molar-refractivity contribution in [3.05, 3.63) is 58.7 Å². The van der Waals surface area contributed by atoms with Gasteiger partial charge in [-0.15, -0.1) is 0 Å². The van der Waals surface area contributed by atoms with Crippen LogP contribution in [0.4, 0.5) is 15.3 Å². The molecule has 2 N–H and O–H groups in total. The molecule has 0 aliphatic carbocycles. The van der Waals surface area contributed by atoms with Crippen molar-refractivity contribution in [3.63, 3.8) is 0 Å². The van der Waals surface area contributed by atoms with Crippen LogP contribution in [0, 0.1) is 31.6 Å². The molecule has 1 atom stereocenters. The second-order valence-corrected chi connectivity index (χ2v) is 17.7. The van der Waals surface area contributed by atoms with Gasteiger partial charge in [0, 0.05) is 77.6 Å². The van der Waals surface area contributed by atoms with Crippen LogP contribution in [0.5, 0.6) is 5.75 Å². The lowest BCUT2D eigenvalue weighted by molar-refractivity contribution is -0.136. The Bertz CT molecular complexity index is 1710. The second-order valence-electron chi connectivity index (χ2n) is 15.6. The van der Waals surface area contributed by atoms with Gasteiger partial charge < -0.3 is 29.9 Å². The molecule has 0 unspecified atom stereocenters. The Hall–Kier alpha value is -3.88. The Morgan fingerprint density at radius 3 is 2.02 bits per heavy atom. The van der Waals surface area contributed by atoms with Gasteiger partial charge in [0.25, 0.3) is 10.2 Å². The smallest absolute Gasteiger partial charge is 0.409 e. The maximum atomic E-state index is 13.0. The first-order chi connectivity index (χ1) is 25.7. The normalized spacial score (nSPS) is 20.1. The number of fused-ring (bicyclic) bond motifs is 1. The van der Waals surface area contributed by atoms with Crippen LogP contribution < -0.4 is 5.32 Å². The topological polar surface area (TPSA) is 143 Å². The van der Waals surface area contributed by atoms with Gasteiger partial charge in [-0.25, -0.2) is 9.59 Å². The van der Waals surface area contributed by atoms with E-state index in [0.29, 0.717) is 56.7 Å². The Morgan fingerprint density at radius 1 is 0.889 bits per heavy atom. The van der Waals surface area contributed by atoms with Crippen LogP contribution in [0.15, 0.2) is 36.4 Å². The predicted octanol–water partition coefficient (Wildman–Crippen LogP) is 5.25. The van der Waals surface area contributed by atoms with E-state index in [1.54, 1.807) is 23.3 Å². The maximum absolute atomic E-state index is 13.0. The zero-order valence-corrected chi connectivity index (χ0v) is 33.7. The number of hydrogen-bond donors (Lipinski definition) is 2. The van der Waals surface area contributed by atoms with E-state index in [1.807, 2.05) is 60.9 Å². The van der Waals surface area contributed by atoms with E-state index in [-0.39, 0.29) is 30.0 Å². The molecular weight excluding hydrogens is 709 g/mol. The van der Waals surface area contributed by atoms with Crippen LogP contribution >= 0.6 is 0 Å². The van der Waals surface area contributed by atoms with Crippen molar-refractivity contribution in [2.45, 2.75) is 78.2 Å². The maximum Gasteiger partial charge on any atom is 0.409 e. The number of nitrogens with zero attached hydrogens (tertiary/aromatic N) is 5. The van der Waals surface area contributed by atoms with E-state index < -0.39 is 10.2 Å². The summed E-state index contributed by atoms with van der Waals surface area (Å²) in [6.45, 7) is 10.5. The standard InChI is InChI=1S/C24H39N3O4S.C16H21N3O3/c1-17-14-20(15-18(2)23(17)28)16-19(3)24(29)26-10-6-21(7-11-26)22-8-12-27(13-9-22)32(30,31)25(4)5;1-22-16(21)18-9-7-13(8-10-18)19-11-6-12-4-2-3-5-14(12)17-15(19)20/h14-15,19,21-22,28H,6-13,16H2,1-5H3;2-5,13H,6-11H2,1H3,(H,17,20)/t19-;/m1./s1. The average Bonchev–Trinajstić information content (AvgIpc) is 3.34. The quantitative estimate of drug-likeness (QED) is 0.392. The molecule has 298 valence electrons. The summed E-state index contributed by atoms with van der Waals surface area (Å²) in [6.07, 6.45) is 6.64. The predicted molar refractivity (Wildman–Crippen MR) is 210 cm³/mol. The number of anilines is 1. The summed E-state index contributed by atoms with van der Waals surface area (Å²) in [7, 11) is 1.24. The monoisotopic (exact) mass is 768 g/mol. The van der Waals surface area contributed by atoms with Crippen LogP contribution in [0.3, 0.4) is 0 Å². The lowest BCUT2D eigenvalue weighted by atomic mass is 9.79. The van der Waals surface area contributed by atoms with Gasteiger partial charge in [-0.2, -0.15) is 17.0 Å². The van der Waals surface area contributed by atoms with Crippen LogP contribution in [0.2, 0.25) is 0 Å². The van der Waals surface area contributed by atoms with Crippen molar-refractivity contribution in [2.75, 3.05) is 72.3 Å².